The number of aliphatic hydroxyl groups excluding tert-OH is 1. The van der Waals surface area contributed by atoms with E-state index < -0.39 is 18.1 Å². The minimum Gasteiger partial charge on any atom is -0.480 e. The standard InChI is InChI=1S/C11H23NO3/c1-5-10(3,6-2)7-12-11(4,8-13)9(14)15/h12-13H,5-8H2,1-4H3,(H,14,15)/t11-/m0/s1. The second-order valence-electron chi connectivity index (χ2n) is 4.67. The lowest BCUT2D eigenvalue weighted by atomic mass is 9.84. The number of rotatable bonds is 7. The summed E-state index contributed by atoms with van der Waals surface area (Å²) in [5.41, 5.74) is -1.14. The van der Waals surface area contributed by atoms with Crippen LogP contribution in [-0.2, 0) is 4.79 Å². The summed E-state index contributed by atoms with van der Waals surface area (Å²) in [5.74, 6) is -1.01. The number of hydrogen-bond donors (Lipinski definition) is 3. The molecule has 0 saturated carbocycles. The van der Waals surface area contributed by atoms with Gasteiger partial charge in [0, 0.05) is 6.54 Å². The van der Waals surface area contributed by atoms with Crippen molar-refractivity contribution in [2.75, 3.05) is 13.2 Å². The van der Waals surface area contributed by atoms with Gasteiger partial charge < -0.3 is 10.2 Å². The first-order valence-corrected chi connectivity index (χ1v) is 5.43. The van der Waals surface area contributed by atoms with Crippen LogP contribution in [0, 0.1) is 5.41 Å². The van der Waals surface area contributed by atoms with Crippen molar-refractivity contribution in [3.63, 3.8) is 0 Å². The molecule has 0 aliphatic rings. The van der Waals surface area contributed by atoms with Gasteiger partial charge in [-0.1, -0.05) is 20.8 Å². The molecule has 0 spiro atoms. The van der Waals surface area contributed by atoms with Crippen molar-refractivity contribution in [1.82, 2.24) is 5.32 Å². The Morgan fingerprint density at radius 2 is 1.73 bits per heavy atom. The highest BCUT2D eigenvalue weighted by molar-refractivity contribution is 5.78. The Balaban J connectivity index is 4.40. The molecule has 15 heavy (non-hydrogen) atoms. The van der Waals surface area contributed by atoms with E-state index in [9.17, 15) is 4.79 Å². The van der Waals surface area contributed by atoms with E-state index in [4.69, 9.17) is 10.2 Å². The highest BCUT2D eigenvalue weighted by Crippen LogP contribution is 2.24. The van der Waals surface area contributed by atoms with Crippen LogP contribution in [0.4, 0.5) is 0 Å². The zero-order chi connectivity index (χ0) is 12.1. The zero-order valence-electron chi connectivity index (χ0n) is 10.1. The van der Waals surface area contributed by atoms with Crippen molar-refractivity contribution < 1.29 is 15.0 Å². The Labute approximate surface area is 91.7 Å². The highest BCUT2D eigenvalue weighted by atomic mass is 16.4. The molecule has 0 bridgehead atoms. The Hall–Kier alpha value is -0.610. The Morgan fingerprint density at radius 3 is 2.00 bits per heavy atom. The van der Waals surface area contributed by atoms with Crippen LogP contribution in [0.15, 0.2) is 0 Å². The first-order chi connectivity index (χ1) is 6.83. The molecule has 0 amide bonds. The van der Waals surface area contributed by atoms with Crippen LogP contribution in [0.5, 0.6) is 0 Å². The molecule has 0 aliphatic carbocycles. The van der Waals surface area contributed by atoms with Gasteiger partial charge in [0.25, 0.3) is 0 Å². The summed E-state index contributed by atoms with van der Waals surface area (Å²) in [6.45, 7) is 7.99. The van der Waals surface area contributed by atoms with Crippen molar-refractivity contribution in [2.45, 2.75) is 46.1 Å². The molecule has 3 N–H and O–H groups in total. The molecule has 0 aromatic heterocycles. The van der Waals surface area contributed by atoms with Gasteiger partial charge in [-0.2, -0.15) is 0 Å². The maximum Gasteiger partial charge on any atom is 0.326 e. The first-order valence-electron chi connectivity index (χ1n) is 5.43. The van der Waals surface area contributed by atoms with E-state index in [0.29, 0.717) is 6.54 Å². The highest BCUT2D eigenvalue weighted by Gasteiger charge is 2.34. The molecule has 0 aromatic rings. The van der Waals surface area contributed by atoms with Gasteiger partial charge in [-0.3, -0.25) is 10.1 Å². The van der Waals surface area contributed by atoms with E-state index in [1.54, 1.807) is 0 Å². The number of carbonyl (C=O) groups is 1. The molecular formula is C11H23NO3. The summed E-state index contributed by atoms with van der Waals surface area (Å²) in [6, 6.07) is 0. The molecule has 4 nitrogen and oxygen atoms in total. The monoisotopic (exact) mass is 217 g/mol. The van der Waals surface area contributed by atoms with Crippen molar-refractivity contribution >= 4 is 5.97 Å². The lowest BCUT2D eigenvalue weighted by molar-refractivity contribution is -0.146. The van der Waals surface area contributed by atoms with Crippen molar-refractivity contribution in [1.29, 1.82) is 0 Å². The normalized spacial score (nSPS) is 16.1. The molecule has 0 heterocycles. The van der Waals surface area contributed by atoms with E-state index in [1.807, 2.05) is 0 Å². The molecule has 0 fully saturated rings. The molecule has 90 valence electrons. The molecular weight excluding hydrogens is 194 g/mol. The van der Waals surface area contributed by atoms with Gasteiger partial charge in [0.05, 0.1) is 6.61 Å². The topological polar surface area (TPSA) is 69.6 Å². The summed E-state index contributed by atoms with van der Waals surface area (Å²) >= 11 is 0. The molecule has 1 atom stereocenters. The van der Waals surface area contributed by atoms with Crippen molar-refractivity contribution in [3.8, 4) is 0 Å². The molecule has 0 aliphatic heterocycles. The van der Waals surface area contributed by atoms with Crippen LogP contribution < -0.4 is 5.32 Å². The number of aliphatic carboxylic acids is 1. The molecule has 4 heteroatoms. The fourth-order valence-electron chi connectivity index (χ4n) is 1.11. The van der Waals surface area contributed by atoms with Gasteiger partial charge in [-0.05, 0) is 25.2 Å². The fourth-order valence-corrected chi connectivity index (χ4v) is 1.11. The van der Waals surface area contributed by atoms with Crippen LogP contribution in [0.25, 0.3) is 0 Å². The summed E-state index contributed by atoms with van der Waals surface area (Å²) in [7, 11) is 0. The second kappa shape index (κ2) is 5.47. The maximum atomic E-state index is 10.9. The second-order valence-corrected chi connectivity index (χ2v) is 4.67. The third kappa shape index (κ3) is 3.80. The van der Waals surface area contributed by atoms with E-state index in [-0.39, 0.29) is 5.41 Å². The number of hydrogen-bond acceptors (Lipinski definition) is 3. The molecule has 0 rings (SSSR count). The Morgan fingerprint density at radius 1 is 1.27 bits per heavy atom. The van der Waals surface area contributed by atoms with Crippen LogP contribution in [-0.4, -0.2) is 34.9 Å². The summed E-state index contributed by atoms with van der Waals surface area (Å²) < 4.78 is 0. The molecule has 0 radical (unpaired) electrons. The lowest BCUT2D eigenvalue weighted by Crippen LogP contribution is -2.55. The summed E-state index contributed by atoms with van der Waals surface area (Å²) in [4.78, 5) is 10.9. The van der Waals surface area contributed by atoms with Gasteiger partial charge in [-0.25, -0.2) is 0 Å². The Bertz CT molecular complexity index is 214. The third-order valence-electron chi connectivity index (χ3n) is 3.40. The average molecular weight is 217 g/mol. The number of carboxylic acid groups (broad SMARTS) is 1. The smallest absolute Gasteiger partial charge is 0.326 e. The molecule has 0 saturated heterocycles. The van der Waals surface area contributed by atoms with E-state index in [2.05, 4.69) is 26.1 Å². The number of carboxylic acids is 1. The predicted molar refractivity (Wildman–Crippen MR) is 59.8 cm³/mol. The van der Waals surface area contributed by atoms with Crippen molar-refractivity contribution in [3.05, 3.63) is 0 Å². The summed E-state index contributed by atoms with van der Waals surface area (Å²) in [6.07, 6.45) is 1.97. The Kier molecular flexibility index (Phi) is 5.24. The first kappa shape index (κ1) is 14.4. The predicted octanol–water partition coefficient (Wildman–Crippen LogP) is 1.24. The van der Waals surface area contributed by atoms with E-state index in [0.717, 1.165) is 12.8 Å². The minimum atomic E-state index is -1.23. The van der Waals surface area contributed by atoms with Gasteiger partial charge >= 0.3 is 5.97 Å². The number of aliphatic hydroxyl groups is 1. The van der Waals surface area contributed by atoms with Gasteiger partial charge in [0.2, 0.25) is 0 Å². The average Bonchev–Trinajstić information content (AvgIpc) is 2.25. The van der Waals surface area contributed by atoms with Gasteiger partial charge in [-0.15, -0.1) is 0 Å². The SMILES string of the molecule is CCC(C)(CC)CN[C@@](C)(CO)C(=O)O. The minimum absolute atomic E-state index is 0.0892. The van der Waals surface area contributed by atoms with Crippen molar-refractivity contribution in [2.24, 2.45) is 5.41 Å². The van der Waals surface area contributed by atoms with Gasteiger partial charge in [0.1, 0.15) is 5.54 Å². The van der Waals surface area contributed by atoms with Gasteiger partial charge in [0.15, 0.2) is 0 Å². The van der Waals surface area contributed by atoms with E-state index >= 15 is 0 Å². The fraction of sp³-hybridized carbons (Fsp3) is 0.909. The molecule has 0 unspecified atom stereocenters. The lowest BCUT2D eigenvalue weighted by Gasteiger charge is -2.32. The quantitative estimate of drug-likeness (QED) is 0.600. The third-order valence-corrected chi connectivity index (χ3v) is 3.40. The largest absolute Gasteiger partial charge is 0.480 e. The molecule has 0 aromatic carbocycles. The van der Waals surface area contributed by atoms with Crippen LogP contribution in [0.1, 0.15) is 40.5 Å². The summed E-state index contributed by atoms with van der Waals surface area (Å²) in [5, 5.41) is 20.9. The van der Waals surface area contributed by atoms with Crippen LogP contribution in [0.3, 0.4) is 0 Å². The van der Waals surface area contributed by atoms with Crippen LogP contribution in [0.2, 0.25) is 0 Å². The number of nitrogens with one attached hydrogen (secondary N) is 1. The zero-order valence-corrected chi connectivity index (χ0v) is 10.1. The van der Waals surface area contributed by atoms with Crippen LogP contribution >= 0.6 is 0 Å². The van der Waals surface area contributed by atoms with E-state index in [1.165, 1.54) is 6.92 Å². The maximum absolute atomic E-state index is 10.9.